The standard InChI is InChI=1S/C9H13F2N3/c1-6(3-12)4-13-9-8(11)2-7(10)5-14-9/h2,5-6H,3-4,12H2,1H3,(H,13,14). The van der Waals surface area contributed by atoms with Gasteiger partial charge in [-0.2, -0.15) is 0 Å². The molecule has 0 saturated heterocycles. The first kappa shape index (κ1) is 10.8. The maximum atomic E-state index is 13.0. The molecule has 0 saturated carbocycles. The second-order valence-electron chi connectivity index (χ2n) is 3.21. The highest BCUT2D eigenvalue weighted by molar-refractivity contribution is 5.35. The van der Waals surface area contributed by atoms with Crippen LogP contribution < -0.4 is 11.1 Å². The zero-order valence-electron chi connectivity index (χ0n) is 7.93. The first-order valence-electron chi connectivity index (χ1n) is 4.38. The van der Waals surface area contributed by atoms with E-state index in [4.69, 9.17) is 5.73 Å². The summed E-state index contributed by atoms with van der Waals surface area (Å²) in [5, 5.41) is 2.76. The van der Waals surface area contributed by atoms with Crippen LogP contribution in [0.3, 0.4) is 0 Å². The Morgan fingerprint density at radius 3 is 2.86 bits per heavy atom. The fourth-order valence-electron chi connectivity index (χ4n) is 0.899. The van der Waals surface area contributed by atoms with E-state index in [2.05, 4.69) is 10.3 Å². The van der Waals surface area contributed by atoms with Gasteiger partial charge in [0.2, 0.25) is 0 Å². The van der Waals surface area contributed by atoms with Gasteiger partial charge in [0, 0.05) is 12.6 Å². The van der Waals surface area contributed by atoms with Crippen molar-refractivity contribution in [3.8, 4) is 0 Å². The fraction of sp³-hybridized carbons (Fsp3) is 0.444. The molecule has 0 aliphatic heterocycles. The summed E-state index contributed by atoms with van der Waals surface area (Å²) >= 11 is 0. The molecule has 1 unspecified atom stereocenters. The number of halogens is 2. The molecule has 0 aliphatic rings. The minimum atomic E-state index is -0.686. The van der Waals surface area contributed by atoms with Crippen molar-refractivity contribution in [3.63, 3.8) is 0 Å². The second kappa shape index (κ2) is 4.85. The summed E-state index contributed by atoms with van der Waals surface area (Å²) in [7, 11) is 0. The van der Waals surface area contributed by atoms with Crippen LogP contribution >= 0.6 is 0 Å². The lowest BCUT2D eigenvalue weighted by atomic mass is 10.2. The third-order valence-corrected chi connectivity index (χ3v) is 1.83. The number of nitrogens with one attached hydrogen (secondary N) is 1. The second-order valence-corrected chi connectivity index (χ2v) is 3.21. The molecule has 3 nitrogen and oxygen atoms in total. The number of pyridine rings is 1. The highest BCUT2D eigenvalue weighted by Gasteiger charge is 2.06. The highest BCUT2D eigenvalue weighted by Crippen LogP contribution is 2.11. The molecule has 0 radical (unpaired) electrons. The molecule has 1 aromatic rings. The molecule has 1 rings (SSSR count). The Morgan fingerprint density at radius 1 is 1.57 bits per heavy atom. The summed E-state index contributed by atoms with van der Waals surface area (Å²) in [6, 6.07) is 0.794. The molecule has 0 amide bonds. The van der Waals surface area contributed by atoms with Crippen molar-refractivity contribution in [1.29, 1.82) is 0 Å². The van der Waals surface area contributed by atoms with Crippen LogP contribution in [0.1, 0.15) is 6.92 Å². The molecule has 14 heavy (non-hydrogen) atoms. The van der Waals surface area contributed by atoms with Crippen molar-refractivity contribution in [3.05, 3.63) is 23.9 Å². The van der Waals surface area contributed by atoms with E-state index in [1.54, 1.807) is 0 Å². The summed E-state index contributed by atoms with van der Waals surface area (Å²) in [6.07, 6.45) is 0.971. The van der Waals surface area contributed by atoms with E-state index in [0.717, 1.165) is 12.3 Å². The molecule has 0 aliphatic carbocycles. The van der Waals surface area contributed by atoms with Crippen molar-refractivity contribution in [1.82, 2.24) is 4.98 Å². The Bertz CT molecular complexity index is 304. The molecule has 0 spiro atoms. The van der Waals surface area contributed by atoms with Crippen LogP contribution in [0.4, 0.5) is 14.6 Å². The largest absolute Gasteiger partial charge is 0.367 e. The normalized spacial score (nSPS) is 12.6. The molecule has 1 heterocycles. The van der Waals surface area contributed by atoms with Gasteiger partial charge < -0.3 is 11.1 Å². The Morgan fingerprint density at radius 2 is 2.29 bits per heavy atom. The van der Waals surface area contributed by atoms with Crippen LogP contribution in [0.5, 0.6) is 0 Å². The molecule has 1 aromatic heterocycles. The number of rotatable bonds is 4. The molecule has 0 aromatic carbocycles. The Labute approximate surface area is 81.3 Å². The van der Waals surface area contributed by atoms with Gasteiger partial charge in [0.15, 0.2) is 11.6 Å². The summed E-state index contributed by atoms with van der Waals surface area (Å²) in [5.74, 6) is -1.08. The average Bonchev–Trinajstić information content (AvgIpc) is 2.16. The highest BCUT2D eigenvalue weighted by atomic mass is 19.1. The molecule has 5 heteroatoms. The van der Waals surface area contributed by atoms with Gasteiger partial charge in [-0.15, -0.1) is 0 Å². The smallest absolute Gasteiger partial charge is 0.168 e. The maximum Gasteiger partial charge on any atom is 0.168 e. The van der Waals surface area contributed by atoms with Crippen LogP contribution in [-0.2, 0) is 0 Å². The lowest BCUT2D eigenvalue weighted by Gasteiger charge is -2.10. The fourth-order valence-corrected chi connectivity index (χ4v) is 0.899. The van der Waals surface area contributed by atoms with Gasteiger partial charge in [-0.05, 0) is 12.5 Å². The summed E-state index contributed by atoms with van der Waals surface area (Å²) < 4.78 is 25.5. The Kier molecular flexibility index (Phi) is 3.76. The quantitative estimate of drug-likeness (QED) is 0.773. The number of hydrogen-bond donors (Lipinski definition) is 2. The Hall–Kier alpha value is -1.23. The van der Waals surface area contributed by atoms with Crippen molar-refractivity contribution in [2.24, 2.45) is 11.7 Å². The Balaban J connectivity index is 2.59. The lowest BCUT2D eigenvalue weighted by Crippen LogP contribution is -2.20. The van der Waals surface area contributed by atoms with Crippen LogP contribution in [0, 0.1) is 17.6 Å². The first-order valence-corrected chi connectivity index (χ1v) is 4.38. The van der Waals surface area contributed by atoms with Gasteiger partial charge in [-0.25, -0.2) is 13.8 Å². The zero-order valence-corrected chi connectivity index (χ0v) is 7.93. The van der Waals surface area contributed by atoms with Crippen LogP contribution in [0.2, 0.25) is 0 Å². The number of hydrogen-bond acceptors (Lipinski definition) is 3. The summed E-state index contributed by atoms with van der Waals surface area (Å²) in [4.78, 5) is 3.58. The van der Waals surface area contributed by atoms with Gasteiger partial charge in [0.05, 0.1) is 6.20 Å². The molecule has 3 N–H and O–H groups in total. The van der Waals surface area contributed by atoms with Gasteiger partial charge >= 0.3 is 0 Å². The number of nitrogens with zero attached hydrogens (tertiary/aromatic N) is 1. The molecule has 0 bridgehead atoms. The third-order valence-electron chi connectivity index (χ3n) is 1.83. The molecule has 78 valence electrons. The minimum Gasteiger partial charge on any atom is -0.367 e. The van der Waals surface area contributed by atoms with Crippen molar-refractivity contribution >= 4 is 5.82 Å². The van der Waals surface area contributed by atoms with Crippen molar-refractivity contribution in [2.45, 2.75) is 6.92 Å². The summed E-state index contributed by atoms with van der Waals surface area (Å²) in [6.45, 7) is 2.95. The zero-order chi connectivity index (χ0) is 10.6. The molecular formula is C9H13F2N3. The predicted octanol–water partition coefficient (Wildman–Crippen LogP) is 1.37. The number of aromatic nitrogens is 1. The van der Waals surface area contributed by atoms with E-state index in [1.807, 2.05) is 6.92 Å². The molecule has 0 fully saturated rings. The predicted molar refractivity (Wildman–Crippen MR) is 50.9 cm³/mol. The molecular weight excluding hydrogens is 188 g/mol. The first-order chi connectivity index (χ1) is 6.63. The van der Waals surface area contributed by atoms with Gasteiger partial charge in [0.25, 0.3) is 0 Å². The topological polar surface area (TPSA) is 50.9 Å². The lowest BCUT2D eigenvalue weighted by molar-refractivity contribution is 0.570. The van der Waals surface area contributed by atoms with Gasteiger partial charge in [-0.3, -0.25) is 0 Å². The van der Waals surface area contributed by atoms with E-state index < -0.39 is 11.6 Å². The van der Waals surface area contributed by atoms with Crippen molar-refractivity contribution < 1.29 is 8.78 Å². The van der Waals surface area contributed by atoms with E-state index in [1.165, 1.54) is 0 Å². The van der Waals surface area contributed by atoms with Crippen LogP contribution in [-0.4, -0.2) is 18.1 Å². The maximum absolute atomic E-state index is 13.0. The monoisotopic (exact) mass is 201 g/mol. The van der Waals surface area contributed by atoms with Gasteiger partial charge in [0.1, 0.15) is 5.82 Å². The third kappa shape index (κ3) is 2.92. The van der Waals surface area contributed by atoms with Crippen LogP contribution in [0.25, 0.3) is 0 Å². The van der Waals surface area contributed by atoms with Crippen molar-refractivity contribution in [2.75, 3.05) is 18.4 Å². The number of anilines is 1. The SMILES string of the molecule is CC(CN)CNc1ncc(F)cc1F. The average molecular weight is 201 g/mol. The number of nitrogens with two attached hydrogens (primary N) is 1. The van der Waals surface area contributed by atoms with E-state index in [-0.39, 0.29) is 11.7 Å². The van der Waals surface area contributed by atoms with Crippen LogP contribution in [0.15, 0.2) is 12.3 Å². The van der Waals surface area contributed by atoms with E-state index in [0.29, 0.717) is 13.1 Å². The van der Waals surface area contributed by atoms with Gasteiger partial charge in [-0.1, -0.05) is 6.92 Å². The molecule has 1 atom stereocenters. The minimum absolute atomic E-state index is 0.0618. The van der Waals surface area contributed by atoms with E-state index >= 15 is 0 Å². The summed E-state index contributed by atoms with van der Waals surface area (Å²) in [5.41, 5.74) is 5.38. The van der Waals surface area contributed by atoms with E-state index in [9.17, 15) is 8.78 Å².